The number of imidazole rings is 2. The maximum Gasteiger partial charge on any atom is 0.190 e. The van der Waals surface area contributed by atoms with Crippen molar-refractivity contribution in [2.45, 2.75) is 142 Å². The zero-order valence-corrected chi connectivity index (χ0v) is 90.1. The highest BCUT2D eigenvalue weighted by Gasteiger charge is 2.44. The number of hydrogen-bond acceptors (Lipinski definition) is 29. The van der Waals surface area contributed by atoms with Gasteiger partial charge >= 0.3 is 0 Å². The fraction of sp³-hybridized carbons (Fsp3) is 0.457. The molecule has 24 rings (SSSR count). The molecule has 9 fully saturated rings. The van der Waals surface area contributed by atoms with Crippen LogP contribution in [-0.4, -0.2) is 259 Å². The third-order valence-electron chi connectivity index (χ3n) is 31.7. The van der Waals surface area contributed by atoms with E-state index in [0.717, 1.165) is 189 Å². The molecular weight excluding hydrogens is 2090 g/mol. The van der Waals surface area contributed by atoms with Crippen molar-refractivity contribution >= 4 is 171 Å². The lowest BCUT2D eigenvalue weighted by molar-refractivity contribution is 0.0798. The highest BCUT2D eigenvalue weighted by molar-refractivity contribution is 7.91. The maximum absolute atomic E-state index is 11.9. The number of fused-ring (bicyclic) bond motifs is 4. The van der Waals surface area contributed by atoms with Crippen molar-refractivity contribution in [3.63, 3.8) is 0 Å². The van der Waals surface area contributed by atoms with Crippen LogP contribution in [0.2, 0.25) is 40.2 Å². The molecule has 0 amide bonds. The normalized spacial score (nSPS) is 20.6. The average Bonchev–Trinajstić information content (AvgIpc) is 1.62. The predicted octanol–water partition coefficient (Wildman–Crippen LogP) is 18.4. The zero-order valence-electron chi connectivity index (χ0n) is 83.2. The number of nitrogens with zero attached hydrogens (tertiary/aromatic N) is 31. The maximum atomic E-state index is 11.9. The number of H-pyrrole nitrogens is 3. The number of halogens is 8. The monoisotopic (exact) mass is 2190 g/mol. The Morgan fingerprint density at radius 1 is 0.360 bits per heavy atom. The van der Waals surface area contributed by atoms with E-state index in [-0.39, 0.29) is 46.9 Å². The number of piperidine rings is 4. The van der Waals surface area contributed by atoms with Crippen LogP contribution in [0.15, 0.2) is 135 Å². The summed E-state index contributed by atoms with van der Waals surface area (Å²) in [5.41, 5.74) is 12.2. The number of aromatic nitrogens is 22. The van der Waals surface area contributed by atoms with Gasteiger partial charge in [0, 0.05) is 180 Å². The second-order valence-electron chi connectivity index (χ2n) is 41.2. The van der Waals surface area contributed by atoms with E-state index in [1.54, 1.807) is 105 Å². The van der Waals surface area contributed by atoms with Crippen LogP contribution < -0.4 is 19.6 Å². The van der Waals surface area contributed by atoms with E-state index in [1.807, 2.05) is 76.6 Å². The molecule has 150 heavy (non-hydrogen) atoms. The van der Waals surface area contributed by atoms with E-state index in [0.29, 0.717) is 150 Å². The van der Waals surface area contributed by atoms with Crippen molar-refractivity contribution in [1.82, 2.24) is 129 Å². The van der Waals surface area contributed by atoms with Crippen LogP contribution in [-0.2, 0) is 29.5 Å². The van der Waals surface area contributed by atoms with Crippen molar-refractivity contribution in [2.24, 2.45) is 47.3 Å². The Kier molecular flexibility index (Phi) is 31.2. The largest absolute Gasteiger partial charge is 0.355 e. The Bertz CT molecular complexity index is 7160. The first-order valence-corrected chi connectivity index (χ1v) is 56.0. The summed E-state index contributed by atoms with van der Waals surface area (Å²) in [6, 6.07) is 31.6. The fourth-order valence-electron chi connectivity index (χ4n) is 23.2. The van der Waals surface area contributed by atoms with Crippen molar-refractivity contribution in [3.05, 3.63) is 237 Å². The van der Waals surface area contributed by atoms with E-state index in [9.17, 15) is 29.5 Å². The molecule has 20 heterocycles. The second-order valence-corrected chi connectivity index (χ2v) is 46.9. The van der Waals surface area contributed by atoms with Gasteiger partial charge in [0.2, 0.25) is 0 Å². The van der Waals surface area contributed by atoms with Gasteiger partial charge in [-0.1, -0.05) is 117 Å². The van der Waals surface area contributed by atoms with Crippen molar-refractivity contribution in [1.29, 1.82) is 21.0 Å². The van der Waals surface area contributed by atoms with Gasteiger partial charge in [0.1, 0.15) is 79.5 Å². The highest BCUT2D eigenvalue weighted by Crippen LogP contribution is 2.44. The van der Waals surface area contributed by atoms with E-state index in [2.05, 4.69) is 134 Å². The SMILES string of the molecule is C[C@H](c1ccc(Cl)cc1Cl)n1nc(C#N)c2ncc(N3CC([C@@H]4CCCN(Cc5cnc[nH]5)C4)C3)nc21.C[C@H](c1ccc(Cl)cc1Cl)n1nc(C#N)c2ncc(N3CC([C@H]4CCCN(C5CCS(=O)(=O)CC5)C4)C3)nc21.C[C@H](c1ccc(Cl)cc1Cl)n1nc(C#N)c2ncc(N3CC([C@H]4CCCN(Cc5ccn[nH]5)C4)C3)nc21.C[C@H](c1ccc(Cl)cc1Cl)n1nc(C#N)c2ncc(N3CC([C@H]4CCCN(Cc5cnc[nH]5)C4)C3)nc21. The molecule has 0 bridgehead atoms. The molecular formula is C105H112Cl8N34O2S. The summed E-state index contributed by atoms with van der Waals surface area (Å²) in [6.07, 6.45) is 27.5. The van der Waals surface area contributed by atoms with Crippen molar-refractivity contribution < 1.29 is 8.42 Å². The van der Waals surface area contributed by atoms with Crippen LogP contribution in [0.25, 0.3) is 44.7 Å². The van der Waals surface area contributed by atoms with Crippen LogP contribution in [0, 0.1) is 92.7 Å². The second kappa shape index (κ2) is 45.1. The summed E-state index contributed by atoms with van der Waals surface area (Å²) >= 11 is 50.3. The van der Waals surface area contributed by atoms with Crippen LogP contribution in [0.3, 0.4) is 0 Å². The van der Waals surface area contributed by atoms with Gasteiger partial charge in [-0.25, -0.2) is 77.0 Å². The molecule has 0 unspecified atom stereocenters. The molecule has 9 saturated heterocycles. The van der Waals surface area contributed by atoms with Gasteiger partial charge in [0.05, 0.1) is 73.1 Å². The number of likely N-dealkylation sites (tertiary alicyclic amines) is 4. The minimum absolute atomic E-state index is 0.236. The van der Waals surface area contributed by atoms with Gasteiger partial charge in [0.15, 0.2) is 45.4 Å². The summed E-state index contributed by atoms with van der Waals surface area (Å²) < 4.78 is 30.7. The highest BCUT2D eigenvalue weighted by atomic mass is 35.5. The third-order valence-corrected chi connectivity index (χ3v) is 35.7. The fourth-order valence-corrected chi connectivity index (χ4v) is 26.9. The number of rotatable bonds is 23. The number of nitriles is 4. The Labute approximate surface area is 908 Å². The lowest BCUT2D eigenvalue weighted by atomic mass is 9.80. The third kappa shape index (κ3) is 22.3. The van der Waals surface area contributed by atoms with Gasteiger partial charge in [0.25, 0.3) is 0 Å². The molecule has 0 saturated carbocycles. The van der Waals surface area contributed by atoms with E-state index in [1.165, 1.54) is 62.0 Å². The molecule has 4 aromatic carbocycles. The molecule has 11 aromatic heterocycles. The summed E-state index contributed by atoms with van der Waals surface area (Å²) in [7, 11) is -2.84. The summed E-state index contributed by atoms with van der Waals surface area (Å²) in [4.78, 5) is 72.0. The topological polar surface area (TPSA) is 416 Å². The Hall–Kier alpha value is -12.0. The molecule has 9 aliphatic heterocycles. The van der Waals surface area contributed by atoms with Crippen LogP contribution in [0.5, 0.6) is 0 Å². The number of benzene rings is 4. The zero-order chi connectivity index (χ0) is 104. The number of nitrogens with one attached hydrogen (secondary N) is 3. The average molecular weight is 2200 g/mol. The first-order chi connectivity index (χ1) is 72.7. The molecule has 45 heteroatoms. The van der Waals surface area contributed by atoms with E-state index in [4.69, 9.17) is 113 Å². The van der Waals surface area contributed by atoms with Gasteiger partial charge in [-0.05, 0) is 242 Å². The Morgan fingerprint density at radius 2 is 0.653 bits per heavy atom. The molecule has 36 nitrogen and oxygen atoms in total. The standard InChI is InChI=1S/C27H31Cl2N7O2S.3C26H27Cl2N9/c1-17(22-5-4-20(28)11-23(22)29)36-27-26(24(12-30)33-36)31-13-25(32-27)35-15-19(16-35)18-3-2-8-34(14-18)21-6-9-39(37,38)10-7-21;1-16(21-5-4-19(27)9-22(21)28)37-26-25(23(10-29)34-37)30-11-24(32-26)36-13-18(14-36)17-3-2-8-35(12-17)15-20-6-7-31-33-20;2*1-16(21-5-4-19(27)7-22(21)28)37-26-25(23(8-29)34-37)31-10-24(33-26)36-12-18(13-36)17-3-2-6-35(11-17)14-20-9-30-15-32-20/h4-5,11,13,17-19,21H,2-3,6-10,14-16H2,1H3;4-7,9,11,16-18H,2-3,8,12-15H2,1H3,(H,31,33);2*4-5,7,9-10,15-18H,2-3,6,11-14H2,1H3,(H,30,32)/t17-,18+;2*16-,17+;16-,17-/m1111/s1. The number of hydrogen-bond donors (Lipinski definition) is 3. The van der Waals surface area contributed by atoms with Crippen LogP contribution in [0.4, 0.5) is 23.3 Å². The summed E-state index contributed by atoms with van der Waals surface area (Å²) in [6.45, 7) is 27.1. The number of aromatic amines is 3. The predicted molar refractivity (Wildman–Crippen MR) is 580 cm³/mol. The van der Waals surface area contributed by atoms with Gasteiger partial charge in [-0.3, -0.25) is 19.8 Å². The molecule has 776 valence electrons. The number of anilines is 4. The lowest BCUT2D eigenvalue weighted by Gasteiger charge is -2.48. The van der Waals surface area contributed by atoms with Crippen LogP contribution in [0.1, 0.15) is 178 Å². The molecule has 8 atom stereocenters. The quantitative estimate of drug-likeness (QED) is 0.0535. The van der Waals surface area contributed by atoms with Crippen molar-refractivity contribution in [2.75, 3.05) is 136 Å². The molecule has 15 aromatic rings. The summed E-state index contributed by atoms with van der Waals surface area (Å²) in [5.74, 6) is 8.97. The van der Waals surface area contributed by atoms with E-state index >= 15 is 0 Å². The first kappa shape index (κ1) is 104. The van der Waals surface area contributed by atoms with E-state index < -0.39 is 9.84 Å². The Balaban J connectivity index is 0.000000117. The molecule has 3 N–H and O–H groups in total. The Morgan fingerprint density at radius 3 is 0.927 bits per heavy atom. The smallest absolute Gasteiger partial charge is 0.190 e. The molecule has 0 radical (unpaired) electrons. The molecule has 9 aliphatic rings. The number of sulfone groups is 1. The lowest BCUT2D eigenvalue weighted by Crippen LogP contribution is -2.55. The molecule has 0 aliphatic carbocycles. The summed E-state index contributed by atoms with van der Waals surface area (Å²) in [5, 5.41) is 68.3. The molecule has 0 spiro atoms. The minimum atomic E-state index is -2.84. The van der Waals surface area contributed by atoms with Crippen molar-refractivity contribution in [3.8, 4) is 24.3 Å². The first-order valence-electron chi connectivity index (χ1n) is 51.2. The van der Waals surface area contributed by atoms with Gasteiger partial charge < -0.3 is 34.5 Å². The van der Waals surface area contributed by atoms with Crippen LogP contribution >= 0.6 is 92.8 Å². The van der Waals surface area contributed by atoms with Gasteiger partial charge in [-0.15, -0.1) is 0 Å². The minimum Gasteiger partial charge on any atom is -0.355 e. The van der Waals surface area contributed by atoms with Gasteiger partial charge in [-0.2, -0.15) is 46.5 Å².